The molecule has 3 rings (SSSR count). The highest BCUT2D eigenvalue weighted by Crippen LogP contribution is 2.29. The van der Waals surface area contributed by atoms with Crippen LogP contribution in [-0.2, 0) is 28.4 Å². The molecule has 0 aliphatic heterocycles. The smallest absolute Gasteiger partial charge is 0.268 e. The van der Waals surface area contributed by atoms with Crippen LogP contribution < -0.4 is 9.62 Å². The number of pyridine rings is 1. The van der Waals surface area contributed by atoms with Gasteiger partial charge >= 0.3 is 0 Å². The van der Waals surface area contributed by atoms with Gasteiger partial charge in [-0.25, -0.2) is 8.42 Å². The molecule has 1 amide bonds. The number of nitrogens with one attached hydrogen (secondary N) is 1. The molecule has 0 atom stereocenters. The lowest BCUT2D eigenvalue weighted by Crippen LogP contribution is -2.41. The van der Waals surface area contributed by atoms with Gasteiger partial charge in [0, 0.05) is 26.0 Å². The molecule has 0 bridgehead atoms. The lowest BCUT2D eigenvalue weighted by molar-refractivity contribution is -0.119. The number of rotatable bonds is 7. The molecule has 9 heteroatoms. The number of sulfonamides is 1. The number of aryl methyl sites for hydroxylation is 4. The Morgan fingerprint density at radius 2 is 1.81 bits per heavy atom. The molecule has 1 aromatic carbocycles. The van der Waals surface area contributed by atoms with E-state index in [1.165, 1.54) is 4.68 Å². The van der Waals surface area contributed by atoms with E-state index < -0.39 is 15.9 Å². The molecule has 3 aromatic rings. The molecule has 0 aliphatic carbocycles. The first-order valence-electron chi connectivity index (χ1n) is 9.86. The van der Waals surface area contributed by atoms with Gasteiger partial charge in [-0.05, 0) is 62.6 Å². The van der Waals surface area contributed by atoms with Crippen molar-refractivity contribution in [3.05, 3.63) is 70.8 Å². The van der Waals surface area contributed by atoms with Crippen molar-refractivity contribution < 1.29 is 13.2 Å². The van der Waals surface area contributed by atoms with Crippen molar-refractivity contribution in [2.24, 2.45) is 7.05 Å². The average molecular weight is 442 g/mol. The van der Waals surface area contributed by atoms with Gasteiger partial charge in [0.15, 0.2) is 0 Å². The van der Waals surface area contributed by atoms with Gasteiger partial charge in [-0.15, -0.1) is 0 Å². The minimum atomic E-state index is -4.03. The van der Waals surface area contributed by atoms with Crippen LogP contribution in [-0.4, -0.2) is 35.6 Å². The molecule has 0 saturated heterocycles. The Hall–Kier alpha value is -3.20. The highest BCUT2D eigenvalue weighted by Gasteiger charge is 2.32. The number of anilines is 1. The van der Waals surface area contributed by atoms with Crippen LogP contribution in [0, 0.1) is 27.7 Å². The SMILES string of the molecule is Cc1cc(C)cc(N(CC(=O)NCc2cccnc2)S(=O)(=O)c2c(C)nn(C)c2C)c1. The first-order chi connectivity index (χ1) is 14.6. The Morgan fingerprint density at radius 3 is 2.35 bits per heavy atom. The number of carbonyl (C=O) groups is 1. The zero-order valence-electron chi connectivity index (χ0n) is 18.4. The van der Waals surface area contributed by atoms with Gasteiger partial charge in [0.25, 0.3) is 10.0 Å². The van der Waals surface area contributed by atoms with Crippen molar-refractivity contribution in [2.45, 2.75) is 39.1 Å². The summed E-state index contributed by atoms with van der Waals surface area (Å²) in [6.07, 6.45) is 3.30. The molecule has 0 fully saturated rings. The lowest BCUT2D eigenvalue weighted by Gasteiger charge is -2.25. The van der Waals surface area contributed by atoms with Gasteiger partial charge in [0.1, 0.15) is 11.4 Å². The fraction of sp³-hybridized carbons (Fsp3) is 0.318. The first-order valence-corrected chi connectivity index (χ1v) is 11.3. The average Bonchev–Trinajstić information content (AvgIpc) is 2.96. The Labute approximate surface area is 183 Å². The minimum absolute atomic E-state index is 0.120. The summed E-state index contributed by atoms with van der Waals surface area (Å²) < 4.78 is 30.1. The minimum Gasteiger partial charge on any atom is -0.350 e. The molecule has 31 heavy (non-hydrogen) atoms. The first kappa shape index (κ1) is 22.5. The summed E-state index contributed by atoms with van der Waals surface area (Å²) in [5.41, 5.74) is 4.00. The van der Waals surface area contributed by atoms with Gasteiger partial charge in [-0.1, -0.05) is 12.1 Å². The molecular weight excluding hydrogens is 414 g/mol. The summed E-state index contributed by atoms with van der Waals surface area (Å²) in [6.45, 7) is 7.06. The van der Waals surface area contributed by atoms with Crippen molar-refractivity contribution in [1.82, 2.24) is 20.1 Å². The van der Waals surface area contributed by atoms with Crippen molar-refractivity contribution in [2.75, 3.05) is 10.8 Å². The van der Waals surface area contributed by atoms with Crippen LogP contribution in [0.15, 0.2) is 47.6 Å². The molecule has 0 radical (unpaired) electrons. The topological polar surface area (TPSA) is 97.2 Å². The number of aromatic nitrogens is 3. The lowest BCUT2D eigenvalue weighted by atomic mass is 10.1. The molecule has 0 spiro atoms. The van der Waals surface area contributed by atoms with Crippen LogP contribution in [0.2, 0.25) is 0 Å². The Balaban J connectivity index is 1.98. The molecule has 0 aliphatic rings. The van der Waals surface area contributed by atoms with Crippen molar-refractivity contribution in [1.29, 1.82) is 0 Å². The summed E-state index contributed by atoms with van der Waals surface area (Å²) in [4.78, 5) is 16.9. The van der Waals surface area contributed by atoms with E-state index in [-0.39, 0.29) is 18.0 Å². The highest BCUT2D eigenvalue weighted by molar-refractivity contribution is 7.93. The van der Waals surface area contributed by atoms with Gasteiger partial charge in [-0.2, -0.15) is 5.10 Å². The highest BCUT2D eigenvalue weighted by atomic mass is 32.2. The molecule has 0 saturated carbocycles. The molecule has 2 heterocycles. The molecule has 0 unspecified atom stereocenters. The van der Waals surface area contributed by atoms with Crippen LogP contribution in [0.3, 0.4) is 0 Å². The molecule has 8 nitrogen and oxygen atoms in total. The van der Waals surface area contributed by atoms with E-state index in [0.29, 0.717) is 17.1 Å². The van der Waals surface area contributed by atoms with Crippen molar-refractivity contribution in [3.8, 4) is 0 Å². The van der Waals surface area contributed by atoms with Crippen LogP contribution in [0.4, 0.5) is 5.69 Å². The second-order valence-electron chi connectivity index (χ2n) is 7.62. The predicted octanol–water partition coefficient (Wildman–Crippen LogP) is 2.56. The molecular formula is C22H27N5O3S. The summed E-state index contributed by atoms with van der Waals surface area (Å²) >= 11 is 0. The van der Waals surface area contributed by atoms with E-state index in [2.05, 4.69) is 15.4 Å². The fourth-order valence-electron chi connectivity index (χ4n) is 3.54. The van der Waals surface area contributed by atoms with Crippen LogP contribution in [0.5, 0.6) is 0 Å². The Bertz CT molecular complexity index is 1180. The molecule has 2 aromatic heterocycles. The predicted molar refractivity (Wildman–Crippen MR) is 119 cm³/mol. The van der Waals surface area contributed by atoms with E-state index in [9.17, 15) is 13.2 Å². The summed E-state index contributed by atoms with van der Waals surface area (Å²) in [7, 11) is -2.33. The maximum absolute atomic E-state index is 13.7. The maximum Gasteiger partial charge on any atom is 0.268 e. The van der Waals surface area contributed by atoms with E-state index in [0.717, 1.165) is 21.0 Å². The van der Waals surface area contributed by atoms with Crippen LogP contribution in [0.1, 0.15) is 28.1 Å². The number of hydrogen-bond acceptors (Lipinski definition) is 5. The normalized spacial score (nSPS) is 11.4. The number of nitrogens with zero attached hydrogens (tertiary/aromatic N) is 4. The van der Waals surface area contributed by atoms with Crippen molar-refractivity contribution >= 4 is 21.6 Å². The third-order valence-electron chi connectivity index (χ3n) is 4.98. The summed E-state index contributed by atoms with van der Waals surface area (Å²) in [5, 5.41) is 7.03. The second kappa shape index (κ2) is 8.89. The quantitative estimate of drug-likeness (QED) is 0.608. The van der Waals surface area contributed by atoms with E-state index >= 15 is 0 Å². The zero-order valence-corrected chi connectivity index (χ0v) is 19.2. The third-order valence-corrected chi connectivity index (χ3v) is 7.01. The van der Waals surface area contributed by atoms with Gasteiger partial charge < -0.3 is 5.32 Å². The molecule has 1 N–H and O–H groups in total. The van der Waals surface area contributed by atoms with E-state index in [1.54, 1.807) is 51.5 Å². The zero-order chi connectivity index (χ0) is 22.8. The van der Waals surface area contributed by atoms with E-state index in [4.69, 9.17) is 0 Å². The van der Waals surface area contributed by atoms with E-state index in [1.807, 2.05) is 26.0 Å². The number of benzene rings is 1. The number of amides is 1. The summed E-state index contributed by atoms with van der Waals surface area (Å²) in [5.74, 6) is -0.411. The van der Waals surface area contributed by atoms with Crippen LogP contribution in [0.25, 0.3) is 0 Å². The van der Waals surface area contributed by atoms with Gasteiger partial charge in [0.2, 0.25) is 5.91 Å². The number of carbonyl (C=O) groups excluding carboxylic acids is 1. The fourth-order valence-corrected chi connectivity index (χ4v) is 5.35. The second-order valence-corrected chi connectivity index (χ2v) is 9.42. The Kier molecular flexibility index (Phi) is 6.45. The Morgan fingerprint density at radius 1 is 1.13 bits per heavy atom. The number of hydrogen-bond donors (Lipinski definition) is 1. The van der Waals surface area contributed by atoms with Crippen LogP contribution >= 0.6 is 0 Å². The molecule has 164 valence electrons. The van der Waals surface area contributed by atoms with Gasteiger partial charge in [-0.3, -0.25) is 18.8 Å². The third kappa shape index (κ3) is 4.93. The van der Waals surface area contributed by atoms with Gasteiger partial charge in [0.05, 0.1) is 17.1 Å². The summed E-state index contributed by atoms with van der Waals surface area (Å²) in [6, 6.07) is 9.10. The van der Waals surface area contributed by atoms with Crippen molar-refractivity contribution in [3.63, 3.8) is 0 Å². The monoisotopic (exact) mass is 441 g/mol. The maximum atomic E-state index is 13.7. The largest absolute Gasteiger partial charge is 0.350 e. The standard InChI is InChI=1S/C22H27N5O3S/c1-15-9-16(2)11-20(10-15)27(14-21(28)24-13-19-7-6-8-23-12-19)31(29,30)22-17(3)25-26(5)18(22)4/h6-12H,13-14H2,1-5H3,(H,24,28).